The quantitative estimate of drug-likeness (QED) is 0.791. The Bertz CT molecular complexity index is 948. The average molecular weight is 423 g/mol. The zero-order valence-electron chi connectivity index (χ0n) is 18.1. The van der Waals surface area contributed by atoms with Crippen molar-refractivity contribution in [3.63, 3.8) is 0 Å². The smallest absolute Gasteiger partial charge is 0.219 e. The number of nitrogens with zero attached hydrogens (tertiary/aromatic N) is 2. The minimum absolute atomic E-state index is 0.0674. The normalized spacial score (nSPS) is 25.5. The fourth-order valence-corrected chi connectivity index (χ4v) is 6.26. The van der Waals surface area contributed by atoms with Crippen LogP contribution in [0.2, 0.25) is 0 Å². The summed E-state index contributed by atoms with van der Waals surface area (Å²) in [7, 11) is 0. The summed E-state index contributed by atoms with van der Waals surface area (Å²) < 4.78 is 13.6. The number of carbonyl (C=O) groups excluding carboxylic acids is 1. The van der Waals surface area contributed by atoms with Crippen LogP contribution in [-0.2, 0) is 4.79 Å². The van der Waals surface area contributed by atoms with Gasteiger partial charge in [-0.15, -0.1) is 0 Å². The van der Waals surface area contributed by atoms with Crippen molar-refractivity contribution in [3.05, 3.63) is 59.9 Å². The van der Waals surface area contributed by atoms with Crippen LogP contribution in [0.5, 0.6) is 0 Å². The standard InChI is InChI=1S/C26H31FN2O2/c1-18(31)28-16-26(17-28)25(24(15-30)29(26)14-19-5-2-3-6-19)21-11-9-20(10-12-21)22-7-4-8-23(27)13-22/h4,7-13,19,24-25,30H,2-3,5-6,14-17H2,1H3/t24-,25-/m1/s1. The van der Waals surface area contributed by atoms with Gasteiger partial charge in [-0.05, 0) is 47.6 Å². The molecule has 2 saturated heterocycles. The molecule has 2 aromatic rings. The highest BCUT2D eigenvalue weighted by Gasteiger charge is 2.66. The van der Waals surface area contributed by atoms with Gasteiger partial charge in [-0.25, -0.2) is 4.39 Å². The molecule has 0 radical (unpaired) electrons. The lowest BCUT2D eigenvalue weighted by molar-refractivity contribution is -0.198. The van der Waals surface area contributed by atoms with E-state index in [0.29, 0.717) is 5.92 Å². The summed E-state index contributed by atoms with van der Waals surface area (Å²) in [6.07, 6.45) is 5.15. The van der Waals surface area contributed by atoms with Gasteiger partial charge < -0.3 is 10.0 Å². The molecule has 3 fully saturated rings. The van der Waals surface area contributed by atoms with Crippen LogP contribution in [0.1, 0.15) is 44.1 Å². The highest BCUT2D eigenvalue weighted by molar-refractivity contribution is 5.75. The monoisotopic (exact) mass is 422 g/mol. The Balaban J connectivity index is 1.41. The molecular formula is C26H31FN2O2. The predicted octanol–water partition coefficient (Wildman–Crippen LogP) is 4.04. The van der Waals surface area contributed by atoms with Crippen molar-refractivity contribution >= 4 is 5.91 Å². The van der Waals surface area contributed by atoms with Crippen molar-refractivity contribution < 1.29 is 14.3 Å². The molecule has 0 aromatic heterocycles. The highest BCUT2D eigenvalue weighted by atomic mass is 19.1. The zero-order chi connectivity index (χ0) is 21.6. The SMILES string of the molecule is CC(=O)N1CC2(C1)[C@H](c1ccc(-c3cccc(F)c3)cc1)[C@@H](CO)N2CC1CCCC1. The van der Waals surface area contributed by atoms with Gasteiger partial charge in [0.15, 0.2) is 0 Å². The number of hydrogen-bond acceptors (Lipinski definition) is 3. The Hall–Kier alpha value is -2.24. The van der Waals surface area contributed by atoms with Crippen LogP contribution in [0.15, 0.2) is 48.5 Å². The number of carbonyl (C=O) groups is 1. The van der Waals surface area contributed by atoms with E-state index in [1.807, 2.05) is 23.1 Å². The minimum atomic E-state index is -0.235. The molecule has 2 aromatic carbocycles. The van der Waals surface area contributed by atoms with Gasteiger partial charge >= 0.3 is 0 Å². The fourth-order valence-electron chi connectivity index (χ4n) is 6.26. The number of benzene rings is 2. The van der Waals surface area contributed by atoms with E-state index in [4.69, 9.17) is 0 Å². The van der Waals surface area contributed by atoms with Gasteiger partial charge in [0.25, 0.3) is 0 Å². The Morgan fingerprint density at radius 3 is 2.42 bits per heavy atom. The summed E-state index contributed by atoms with van der Waals surface area (Å²) in [6.45, 7) is 4.27. The lowest BCUT2D eigenvalue weighted by Crippen LogP contribution is -2.85. The Labute approximate surface area is 183 Å². The highest BCUT2D eigenvalue weighted by Crippen LogP contribution is 2.54. The Kier molecular flexibility index (Phi) is 5.35. The topological polar surface area (TPSA) is 43.8 Å². The largest absolute Gasteiger partial charge is 0.395 e. The molecule has 4 nitrogen and oxygen atoms in total. The Morgan fingerprint density at radius 2 is 1.81 bits per heavy atom. The number of likely N-dealkylation sites (tertiary alicyclic amines) is 2. The molecular weight excluding hydrogens is 391 g/mol. The van der Waals surface area contributed by atoms with Crippen LogP contribution in [0.25, 0.3) is 11.1 Å². The zero-order valence-corrected chi connectivity index (χ0v) is 18.1. The third-order valence-electron chi connectivity index (χ3n) is 7.86. The van der Waals surface area contributed by atoms with E-state index in [2.05, 4.69) is 17.0 Å². The molecule has 2 atom stereocenters. The van der Waals surface area contributed by atoms with Gasteiger partial charge in [-0.1, -0.05) is 49.2 Å². The molecule has 5 rings (SSSR count). The number of amides is 1. The number of aliphatic hydroxyl groups is 1. The van der Waals surface area contributed by atoms with E-state index >= 15 is 0 Å². The first-order chi connectivity index (χ1) is 15.0. The van der Waals surface area contributed by atoms with E-state index in [0.717, 1.165) is 30.8 Å². The molecule has 3 aliphatic rings. The van der Waals surface area contributed by atoms with Gasteiger partial charge in [-0.2, -0.15) is 0 Å². The van der Waals surface area contributed by atoms with E-state index in [1.165, 1.54) is 37.3 Å². The third-order valence-corrected chi connectivity index (χ3v) is 7.86. The molecule has 31 heavy (non-hydrogen) atoms. The van der Waals surface area contributed by atoms with Crippen molar-refractivity contribution in [2.45, 2.75) is 50.1 Å². The first-order valence-electron chi connectivity index (χ1n) is 11.5. The molecule has 164 valence electrons. The molecule has 0 unspecified atom stereocenters. The van der Waals surface area contributed by atoms with Crippen LogP contribution in [0, 0.1) is 11.7 Å². The van der Waals surface area contributed by atoms with Crippen LogP contribution < -0.4 is 0 Å². The van der Waals surface area contributed by atoms with Gasteiger partial charge in [0.2, 0.25) is 5.91 Å². The maximum atomic E-state index is 13.6. The van der Waals surface area contributed by atoms with E-state index in [9.17, 15) is 14.3 Å². The van der Waals surface area contributed by atoms with E-state index < -0.39 is 0 Å². The first kappa shape index (κ1) is 20.7. The molecule has 0 bridgehead atoms. The van der Waals surface area contributed by atoms with Gasteiger partial charge in [0.1, 0.15) is 5.82 Å². The van der Waals surface area contributed by atoms with Gasteiger partial charge in [-0.3, -0.25) is 9.69 Å². The van der Waals surface area contributed by atoms with Gasteiger partial charge in [0, 0.05) is 38.5 Å². The molecule has 1 N–H and O–H groups in total. The second kappa shape index (κ2) is 8.03. The molecule has 1 saturated carbocycles. The van der Waals surface area contributed by atoms with Gasteiger partial charge in [0.05, 0.1) is 12.1 Å². The van der Waals surface area contributed by atoms with Crippen LogP contribution in [0.3, 0.4) is 0 Å². The second-order valence-electron chi connectivity index (χ2n) is 9.64. The predicted molar refractivity (Wildman–Crippen MR) is 119 cm³/mol. The van der Waals surface area contributed by atoms with Crippen LogP contribution in [0.4, 0.5) is 4.39 Å². The van der Waals surface area contributed by atoms with Crippen molar-refractivity contribution in [2.24, 2.45) is 5.92 Å². The lowest BCUT2D eigenvalue weighted by Gasteiger charge is -2.71. The molecule has 1 spiro atoms. The number of hydrogen-bond donors (Lipinski definition) is 1. The summed E-state index contributed by atoms with van der Waals surface area (Å²) in [5.41, 5.74) is 2.98. The van der Waals surface area contributed by atoms with Crippen molar-refractivity contribution in [1.29, 1.82) is 0 Å². The maximum Gasteiger partial charge on any atom is 0.219 e. The van der Waals surface area contributed by atoms with Crippen LogP contribution in [-0.4, -0.2) is 58.6 Å². The van der Waals surface area contributed by atoms with Crippen molar-refractivity contribution in [3.8, 4) is 11.1 Å². The molecule has 1 amide bonds. The first-order valence-corrected chi connectivity index (χ1v) is 11.5. The van der Waals surface area contributed by atoms with Crippen LogP contribution >= 0.6 is 0 Å². The number of aliphatic hydroxyl groups excluding tert-OH is 1. The van der Waals surface area contributed by atoms with E-state index in [-0.39, 0.29) is 35.8 Å². The third kappa shape index (κ3) is 3.48. The average Bonchev–Trinajstić information content (AvgIpc) is 3.23. The van der Waals surface area contributed by atoms with Crippen molar-refractivity contribution in [1.82, 2.24) is 9.80 Å². The maximum absolute atomic E-state index is 13.6. The Morgan fingerprint density at radius 1 is 1.10 bits per heavy atom. The fraction of sp³-hybridized carbons (Fsp3) is 0.500. The summed E-state index contributed by atoms with van der Waals surface area (Å²) in [6, 6.07) is 15.1. The summed E-state index contributed by atoms with van der Waals surface area (Å²) in [5.74, 6) is 0.796. The summed E-state index contributed by atoms with van der Waals surface area (Å²) in [5, 5.41) is 10.3. The van der Waals surface area contributed by atoms with Crippen molar-refractivity contribution in [2.75, 3.05) is 26.2 Å². The summed E-state index contributed by atoms with van der Waals surface area (Å²) >= 11 is 0. The number of halogens is 1. The molecule has 1 aliphatic carbocycles. The molecule has 5 heteroatoms. The summed E-state index contributed by atoms with van der Waals surface area (Å²) in [4.78, 5) is 16.4. The lowest BCUT2D eigenvalue weighted by atomic mass is 9.60. The van der Waals surface area contributed by atoms with E-state index in [1.54, 1.807) is 19.1 Å². The second-order valence-corrected chi connectivity index (χ2v) is 9.64. The number of rotatable bonds is 5. The molecule has 2 heterocycles. The minimum Gasteiger partial charge on any atom is -0.395 e. The molecule has 2 aliphatic heterocycles.